The third-order valence-corrected chi connectivity index (χ3v) is 10.5. The minimum atomic E-state index is 0.436. The minimum absolute atomic E-state index is 0.436. The Morgan fingerprint density at radius 1 is 0.426 bits per heavy atom. The lowest BCUT2D eigenvalue weighted by molar-refractivity contribution is 1.18. The van der Waals surface area contributed by atoms with Crippen molar-refractivity contribution in [3.05, 3.63) is 199 Å². The summed E-state index contributed by atoms with van der Waals surface area (Å²) < 4.78 is 4.57. The summed E-state index contributed by atoms with van der Waals surface area (Å²) in [6, 6.07) is 65.9. The Morgan fingerprint density at radius 3 is 1.70 bits per heavy atom. The van der Waals surface area contributed by atoms with Gasteiger partial charge >= 0.3 is 0 Å². The van der Waals surface area contributed by atoms with Crippen LogP contribution in [0.1, 0.15) is 5.56 Å². The number of hydrogen-bond donors (Lipinski definition) is 0. The molecule has 0 aliphatic rings. The third-order valence-electron chi connectivity index (χ3n) is 10.5. The van der Waals surface area contributed by atoms with Crippen LogP contribution in [0.15, 0.2) is 182 Å². The number of nitrogens with zero attached hydrogens (tertiary/aromatic N) is 4. The summed E-state index contributed by atoms with van der Waals surface area (Å²) in [6.07, 6.45) is 0. The molecule has 0 saturated heterocycles. The van der Waals surface area contributed by atoms with Crippen molar-refractivity contribution in [1.29, 1.82) is 5.26 Å². The second kappa shape index (κ2) is 12.5. The lowest BCUT2D eigenvalue weighted by Crippen LogP contribution is -1.95. The van der Waals surface area contributed by atoms with Gasteiger partial charge in [-0.25, -0.2) is 4.85 Å². The highest BCUT2D eigenvalue weighted by Crippen LogP contribution is 2.43. The standard InChI is InChI=1S/C50H30N4/c1-52-39-26-33(32-51)27-41(31-39)54-47-25-22-37(35-14-7-3-8-15-35)29-45(47)50-42(18-11-19-48(50)54)38-20-23-43-44-28-36(34-12-5-2-6-13-34)21-24-46(44)53(49(43)30-38)40-16-9-4-10-17-40/h2-31H. The second-order valence-corrected chi connectivity index (χ2v) is 13.6. The van der Waals surface area contributed by atoms with E-state index in [9.17, 15) is 5.26 Å². The van der Waals surface area contributed by atoms with Gasteiger partial charge in [-0.2, -0.15) is 5.26 Å². The Kier molecular flexibility index (Phi) is 7.22. The Balaban J connectivity index is 1.27. The Labute approximate surface area is 312 Å². The zero-order valence-electron chi connectivity index (χ0n) is 29.1. The van der Waals surface area contributed by atoms with E-state index in [0.717, 1.165) is 66.5 Å². The molecule has 10 rings (SSSR count). The molecule has 0 fully saturated rings. The highest BCUT2D eigenvalue weighted by atomic mass is 15.0. The van der Waals surface area contributed by atoms with E-state index in [2.05, 4.69) is 178 Å². The molecule has 54 heavy (non-hydrogen) atoms. The van der Waals surface area contributed by atoms with Gasteiger partial charge in [-0.1, -0.05) is 115 Å². The first-order valence-electron chi connectivity index (χ1n) is 17.9. The summed E-state index contributed by atoms with van der Waals surface area (Å²) in [5.41, 5.74) is 14.0. The zero-order chi connectivity index (χ0) is 36.2. The van der Waals surface area contributed by atoms with Crippen LogP contribution in [0.25, 0.3) is 93.2 Å². The van der Waals surface area contributed by atoms with Crippen LogP contribution in [0.3, 0.4) is 0 Å². The fraction of sp³-hybridized carbons (Fsp3) is 0. The molecule has 4 heteroatoms. The summed E-state index contributed by atoms with van der Waals surface area (Å²) in [4.78, 5) is 3.71. The lowest BCUT2D eigenvalue weighted by atomic mass is 9.96. The highest BCUT2D eigenvalue weighted by molar-refractivity contribution is 6.18. The quantitative estimate of drug-likeness (QED) is 0.166. The van der Waals surface area contributed by atoms with Crippen LogP contribution in [-0.4, -0.2) is 9.13 Å². The van der Waals surface area contributed by atoms with E-state index in [1.54, 1.807) is 6.07 Å². The lowest BCUT2D eigenvalue weighted by Gasteiger charge is -2.11. The molecule has 0 aliphatic carbocycles. The van der Waals surface area contributed by atoms with Crippen molar-refractivity contribution in [1.82, 2.24) is 9.13 Å². The molecule has 10 aromatic rings. The van der Waals surface area contributed by atoms with Gasteiger partial charge in [0, 0.05) is 38.5 Å². The van der Waals surface area contributed by atoms with Crippen molar-refractivity contribution in [2.75, 3.05) is 0 Å². The van der Waals surface area contributed by atoms with Gasteiger partial charge in [0.1, 0.15) is 0 Å². The van der Waals surface area contributed by atoms with Crippen LogP contribution in [0, 0.1) is 17.9 Å². The summed E-state index contributed by atoms with van der Waals surface area (Å²) in [5.74, 6) is 0. The molecule has 0 unspecified atom stereocenters. The molecule has 4 nitrogen and oxygen atoms in total. The normalized spacial score (nSPS) is 11.3. The first kappa shape index (κ1) is 31.1. The zero-order valence-corrected chi connectivity index (χ0v) is 29.1. The largest absolute Gasteiger partial charge is 0.310 e. The van der Waals surface area contributed by atoms with Gasteiger partial charge in [-0.05, 0) is 100 Å². The van der Waals surface area contributed by atoms with Gasteiger partial charge in [0.15, 0.2) is 5.69 Å². The fourth-order valence-corrected chi connectivity index (χ4v) is 8.11. The Morgan fingerprint density at radius 2 is 1.04 bits per heavy atom. The number of rotatable bonds is 5. The van der Waals surface area contributed by atoms with Gasteiger partial charge < -0.3 is 9.13 Å². The molecular formula is C50H30N4. The number of aromatic nitrogens is 2. The van der Waals surface area contributed by atoms with Gasteiger partial charge in [0.05, 0.1) is 34.7 Å². The van der Waals surface area contributed by atoms with E-state index in [-0.39, 0.29) is 0 Å². The van der Waals surface area contributed by atoms with Crippen molar-refractivity contribution >= 4 is 49.3 Å². The first-order valence-corrected chi connectivity index (χ1v) is 17.9. The molecule has 2 aromatic heterocycles. The molecule has 2 heterocycles. The molecule has 0 spiro atoms. The van der Waals surface area contributed by atoms with Crippen LogP contribution in [0.2, 0.25) is 0 Å². The molecule has 0 amide bonds. The van der Waals surface area contributed by atoms with Crippen molar-refractivity contribution in [2.45, 2.75) is 0 Å². The first-order chi connectivity index (χ1) is 26.7. The van der Waals surface area contributed by atoms with Crippen molar-refractivity contribution < 1.29 is 0 Å². The van der Waals surface area contributed by atoms with Crippen LogP contribution in [0.4, 0.5) is 5.69 Å². The fourth-order valence-electron chi connectivity index (χ4n) is 8.11. The highest BCUT2D eigenvalue weighted by Gasteiger charge is 2.20. The molecular weight excluding hydrogens is 657 g/mol. The predicted octanol–water partition coefficient (Wildman–Crippen LogP) is 13.3. The van der Waals surface area contributed by atoms with E-state index in [0.29, 0.717) is 11.3 Å². The predicted molar refractivity (Wildman–Crippen MR) is 222 cm³/mol. The Hall–Kier alpha value is -7.66. The summed E-state index contributed by atoms with van der Waals surface area (Å²) in [7, 11) is 0. The second-order valence-electron chi connectivity index (χ2n) is 13.6. The van der Waals surface area contributed by atoms with Crippen LogP contribution >= 0.6 is 0 Å². The number of benzene rings is 8. The monoisotopic (exact) mass is 686 g/mol. The molecule has 0 saturated carbocycles. The average molecular weight is 687 g/mol. The molecule has 250 valence electrons. The molecule has 0 bridgehead atoms. The van der Waals surface area contributed by atoms with E-state index in [1.807, 2.05) is 18.2 Å². The average Bonchev–Trinajstić information content (AvgIpc) is 3.76. The van der Waals surface area contributed by atoms with Gasteiger partial charge in [0.25, 0.3) is 0 Å². The molecule has 0 N–H and O–H groups in total. The maximum absolute atomic E-state index is 9.91. The van der Waals surface area contributed by atoms with Crippen LogP contribution < -0.4 is 0 Å². The molecule has 0 aliphatic heterocycles. The number of fused-ring (bicyclic) bond motifs is 6. The molecule has 8 aromatic carbocycles. The van der Waals surface area contributed by atoms with Crippen molar-refractivity contribution in [3.8, 4) is 50.8 Å². The summed E-state index contributed by atoms with van der Waals surface area (Å²) in [5, 5.41) is 14.5. The van der Waals surface area contributed by atoms with E-state index >= 15 is 0 Å². The number of hydrogen-bond acceptors (Lipinski definition) is 1. The van der Waals surface area contributed by atoms with E-state index in [1.165, 1.54) is 21.9 Å². The van der Waals surface area contributed by atoms with Crippen LogP contribution in [0.5, 0.6) is 0 Å². The number of nitriles is 1. The molecule has 0 radical (unpaired) electrons. The molecule has 0 atom stereocenters. The van der Waals surface area contributed by atoms with E-state index in [4.69, 9.17) is 6.57 Å². The maximum atomic E-state index is 9.91. The van der Waals surface area contributed by atoms with Crippen molar-refractivity contribution in [3.63, 3.8) is 0 Å². The number of para-hydroxylation sites is 1. The van der Waals surface area contributed by atoms with Gasteiger partial charge in [0.2, 0.25) is 0 Å². The topological polar surface area (TPSA) is 38.0 Å². The minimum Gasteiger partial charge on any atom is -0.310 e. The van der Waals surface area contributed by atoms with Gasteiger partial charge in [-0.3, -0.25) is 0 Å². The van der Waals surface area contributed by atoms with E-state index < -0.39 is 0 Å². The summed E-state index contributed by atoms with van der Waals surface area (Å²) >= 11 is 0. The van der Waals surface area contributed by atoms with Crippen molar-refractivity contribution in [2.24, 2.45) is 0 Å². The Bertz CT molecular complexity index is 3120. The van der Waals surface area contributed by atoms with Crippen LogP contribution in [-0.2, 0) is 0 Å². The SMILES string of the molecule is [C-]#[N+]c1cc(C#N)cc(-n2c3ccc(-c4ccccc4)cc3c3c(-c4ccc5c6cc(-c7ccccc7)ccc6n(-c6ccccc6)c5c4)cccc32)c1. The third kappa shape index (κ3) is 4.98. The van der Waals surface area contributed by atoms with Gasteiger partial charge in [-0.15, -0.1) is 0 Å². The maximum Gasteiger partial charge on any atom is 0.190 e. The summed E-state index contributed by atoms with van der Waals surface area (Å²) in [6.45, 7) is 7.78. The smallest absolute Gasteiger partial charge is 0.190 e.